The van der Waals surface area contributed by atoms with Crippen LogP contribution in [0.2, 0.25) is 0 Å². The highest BCUT2D eigenvalue weighted by Crippen LogP contribution is 2.22. The number of benzene rings is 1. The molecule has 4 heteroatoms. The number of nitrogens with zero attached hydrogens (tertiary/aromatic N) is 1. The third-order valence-corrected chi connectivity index (χ3v) is 2.93. The van der Waals surface area contributed by atoms with Crippen LogP contribution in [-0.2, 0) is 11.3 Å². The topological polar surface area (TPSA) is 24.5 Å². The van der Waals surface area contributed by atoms with Crippen LogP contribution in [0.15, 0.2) is 18.2 Å². The van der Waals surface area contributed by atoms with E-state index in [-0.39, 0.29) is 11.4 Å². The normalized spacial score (nSPS) is 11.7. The molecular weight excluding hydrogens is 243 g/mol. The summed E-state index contributed by atoms with van der Waals surface area (Å²) in [5.41, 5.74) is 1.58. The van der Waals surface area contributed by atoms with Gasteiger partial charge in [0.25, 0.3) is 0 Å². The van der Waals surface area contributed by atoms with Crippen LogP contribution >= 0.6 is 0 Å². The van der Waals surface area contributed by atoms with E-state index in [1.807, 2.05) is 18.0 Å². The Bertz CT molecular complexity index is 402. The summed E-state index contributed by atoms with van der Waals surface area (Å²) in [4.78, 5) is 2.02. The van der Waals surface area contributed by atoms with E-state index >= 15 is 0 Å². The average Bonchev–Trinajstić information content (AvgIpc) is 2.33. The van der Waals surface area contributed by atoms with Crippen LogP contribution in [-0.4, -0.2) is 32.8 Å². The van der Waals surface area contributed by atoms with Gasteiger partial charge in [0.15, 0.2) is 0 Å². The first-order chi connectivity index (χ1) is 8.85. The van der Waals surface area contributed by atoms with Crippen molar-refractivity contribution in [2.45, 2.75) is 32.9 Å². The van der Waals surface area contributed by atoms with Crippen molar-refractivity contribution in [2.75, 3.05) is 32.2 Å². The molecule has 0 saturated carbocycles. The monoisotopic (exact) mass is 268 g/mol. The van der Waals surface area contributed by atoms with Gasteiger partial charge in [-0.2, -0.15) is 0 Å². The lowest BCUT2D eigenvalue weighted by atomic mass is 10.1. The SMILES string of the molecule is COCCN(C)c1cccc(F)c1CNC(C)(C)C. The third-order valence-electron chi connectivity index (χ3n) is 2.93. The van der Waals surface area contributed by atoms with Crippen LogP contribution in [0.25, 0.3) is 0 Å². The van der Waals surface area contributed by atoms with E-state index in [4.69, 9.17) is 4.74 Å². The van der Waals surface area contributed by atoms with Crippen LogP contribution < -0.4 is 10.2 Å². The Kier molecular flexibility index (Phi) is 5.76. The minimum absolute atomic E-state index is 0.0371. The lowest BCUT2D eigenvalue weighted by Gasteiger charge is -2.25. The van der Waals surface area contributed by atoms with Crippen LogP contribution in [0, 0.1) is 5.82 Å². The molecule has 3 nitrogen and oxygen atoms in total. The van der Waals surface area contributed by atoms with Crippen molar-refractivity contribution in [3.8, 4) is 0 Å². The third kappa shape index (κ3) is 5.17. The van der Waals surface area contributed by atoms with Crippen LogP contribution in [0.4, 0.5) is 10.1 Å². The Hall–Kier alpha value is -1.13. The van der Waals surface area contributed by atoms with E-state index in [1.165, 1.54) is 6.07 Å². The van der Waals surface area contributed by atoms with E-state index in [0.717, 1.165) is 12.2 Å². The zero-order valence-corrected chi connectivity index (χ0v) is 12.6. The van der Waals surface area contributed by atoms with Gasteiger partial charge >= 0.3 is 0 Å². The second-order valence-electron chi connectivity index (χ2n) is 5.76. The zero-order chi connectivity index (χ0) is 14.5. The van der Waals surface area contributed by atoms with Crippen molar-refractivity contribution in [1.82, 2.24) is 5.32 Å². The van der Waals surface area contributed by atoms with Gasteiger partial charge in [-0.05, 0) is 32.9 Å². The molecular formula is C15H25FN2O. The van der Waals surface area contributed by atoms with Crippen molar-refractivity contribution in [1.29, 1.82) is 0 Å². The van der Waals surface area contributed by atoms with Crippen LogP contribution in [0.5, 0.6) is 0 Å². The average molecular weight is 268 g/mol. The molecule has 0 atom stereocenters. The summed E-state index contributed by atoms with van der Waals surface area (Å²) >= 11 is 0. The van der Waals surface area contributed by atoms with Crippen molar-refractivity contribution in [3.63, 3.8) is 0 Å². The number of hydrogen-bond acceptors (Lipinski definition) is 3. The number of anilines is 1. The molecule has 0 spiro atoms. The van der Waals surface area contributed by atoms with Gasteiger partial charge < -0.3 is 15.0 Å². The number of nitrogens with one attached hydrogen (secondary N) is 1. The summed E-state index contributed by atoms with van der Waals surface area (Å²) in [5.74, 6) is -0.168. The van der Waals surface area contributed by atoms with E-state index < -0.39 is 0 Å². The molecule has 1 rings (SSSR count). The number of ether oxygens (including phenoxy) is 1. The summed E-state index contributed by atoms with van der Waals surface area (Å²) in [5, 5.41) is 3.33. The molecule has 108 valence electrons. The maximum atomic E-state index is 14.0. The summed E-state index contributed by atoms with van der Waals surface area (Å²) in [6.45, 7) is 8.09. The van der Waals surface area contributed by atoms with Crippen molar-refractivity contribution in [3.05, 3.63) is 29.6 Å². The summed E-state index contributed by atoms with van der Waals surface area (Å²) in [6, 6.07) is 5.19. The lowest BCUT2D eigenvalue weighted by molar-refractivity contribution is 0.206. The molecule has 0 fully saturated rings. The fourth-order valence-electron chi connectivity index (χ4n) is 1.78. The van der Waals surface area contributed by atoms with Gasteiger partial charge in [0.05, 0.1) is 6.61 Å². The second kappa shape index (κ2) is 6.87. The maximum Gasteiger partial charge on any atom is 0.129 e. The van der Waals surface area contributed by atoms with Gasteiger partial charge in [-0.3, -0.25) is 0 Å². The predicted molar refractivity (Wildman–Crippen MR) is 78.1 cm³/mol. The van der Waals surface area contributed by atoms with Gasteiger partial charge in [-0.25, -0.2) is 4.39 Å². The molecule has 0 radical (unpaired) electrons. The smallest absolute Gasteiger partial charge is 0.129 e. The van der Waals surface area contributed by atoms with Gasteiger partial charge in [-0.1, -0.05) is 6.07 Å². The molecule has 0 aliphatic carbocycles. The lowest BCUT2D eigenvalue weighted by Crippen LogP contribution is -2.36. The fourth-order valence-corrected chi connectivity index (χ4v) is 1.78. The minimum atomic E-state index is -0.168. The van der Waals surface area contributed by atoms with Gasteiger partial charge in [0, 0.05) is 44.0 Å². The molecule has 19 heavy (non-hydrogen) atoms. The highest BCUT2D eigenvalue weighted by Gasteiger charge is 2.15. The summed E-state index contributed by atoms with van der Waals surface area (Å²) in [7, 11) is 3.62. The van der Waals surface area contributed by atoms with Crippen molar-refractivity contribution in [2.24, 2.45) is 0 Å². The number of rotatable bonds is 6. The molecule has 1 N–H and O–H groups in total. The Morgan fingerprint density at radius 3 is 2.58 bits per heavy atom. The van der Waals surface area contributed by atoms with E-state index in [1.54, 1.807) is 13.2 Å². The molecule has 1 aromatic rings. The van der Waals surface area contributed by atoms with E-state index in [2.05, 4.69) is 26.1 Å². The second-order valence-corrected chi connectivity index (χ2v) is 5.76. The number of halogens is 1. The molecule has 0 aliphatic heterocycles. The Morgan fingerprint density at radius 1 is 1.32 bits per heavy atom. The first-order valence-corrected chi connectivity index (χ1v) is 6.57. The largest absolute Gasteiger partial charge is 0.383 e. The quantitative estimate of drug-likeness (QED) is 0.858. The summed E-state index contributed by atoms with van der Waals surface area (Å²) in [6.07, 6.45) is 0. The van der Waals surface area contributed by atoms with E-state index in [9.17, 15) is 4.39 Å². The minimum Gasteiger partial charge on any atom is -0.383 e. The first kappa shape index (κ1) is 15.9. The van der Waals surface area contributed by atoms with Crippen LogP contribution in [0.3, 0.4) is 0 Å². The highest BCUT2D eigenvalue weighted by atomic mass is 19.1. The molecule has 1 aromatic carbocycles. The molecule has 0 amide bonds. The predicted octanol–water partition coefficient (Wildman–Crippen LogP) is 2.80. The van der Waals surface area contributed by atoms with Crippen molar-refractivity contribution >= 4 is 5.69 Å². The Balaban J connectivity index is 2.88. The van der Waals surface area contributed by atoms with E-state index in [0.29, 0.717) is 18.7 Å². The van der Waals surface area contributed by atoms with Gasteiger partial charge in [-0.15, -0.1) is 0 Å². The Labute approximate surface area is 115 Å². The maximum absolute atomic E-state index is 14.0. The highest BCUT2D eigenvalue weighted by molar-refractivity contribution is 5.53. The molecule has 0 unspecified atom stereocenters. The first-order valence-electron chi connectivity index (χ1n) is 6.57. The molecule has 0 saturated heterocycles. The number of likely N-dealkylation sites (N-methyl/N-ethyl adjacent to an activating group) is 1. The molecule has 0 heterocycles. The van der Waals surface area contributed by atoms with Gasteiger partial charge in [0.1, 0.15) is 5.82 Å². The van der Waals surface area contributed by atoms with Crippen LogP contribution in [0.1, 0.15) is 26.3 Å². The fraction of sp³-hybridized carbons (Fsp3) is 0.600. The number of hydrogen-bond donors (Lipinski definition) is 1. The Morgan fingerprint density at radius 2 is 2.00 bits per heavy atom. The molecule has 0 aliphatic rings. The van der Waals surface area contributed by atoms with Gasteiger partial charge in [0.2, 0.25) is 0 Å². The number of methoxy groups -OCH3 is 1. The zero-order valence-electron chi connectivity index (χ0n) is 12.6. The molecule has 0 bridgehead atoms. The summed E-state index contributed by atoms with van der Waals surface area (Å²) < 4.78 is 19.1. The van der Waals surface area contributed by atoms with Crippen molar-refractivity contribution < 1.29 is 9.13 Å². The molecule has 0 aromatic heterocycles. The standard InChI is InChI=1S/C15H25FN2O/c1-15(2,3)17-11-12-13(16)7-6-8-14(12)18(4)9-10-19-5/h6-8,17H,9-11H2,1-5H3.